The van der Waals surface area contributed by atoms with E-state index in [0.717, 1.165) is 31.7 Å². The van der Waals surface area contributed by atoms with Gasteiger partial charge in [0.1, 0.15) is 0 Å². The molecule has 2 N–H and O–H groups in total. The lowest BCUT2D eigenvalue weighted by Gasteiger charge is -2.12. The Kier molecular flexibility index (Phi) is 9.62. The van der Waals surface area contributed by atoms with E-state index in [1.807, 2.05) is 31.2 Å². The van der Waals surface area contributed by atoms with Crippen molar-refractivity contribution in [1.29, 1.82) is 0 Å². The molecule has 0 aliphatic carbocycles. The van der Waals surface area contributed by atoms with Crippen LogP contribution in [-0.4, -0.2) is 44.1 Å². The minimum atomic E-state index is -0.491. The van der Waals surface area contributed by atoms with Crippen LogP contribution in [0.15, 0.2) is 24.3 Å². The van der Waals surface area contributed by atoms with Gasteiger partial charge in [-0.3, -0.25) is 0 Å². The summed E-state index contributed by atoms with van der Waals surface area (Å²) in [6.45, 7) is 5.67. The summed E-state index contributed by atoms with van der Waals surface area (Å²) in [4.78, 5) is 0. The summed E-state index contributed by atoms with van der Waals surface area (Å²) in [5.41, 5.74) is 1.05. The summed E-state index contributed by atoms with van der Waals surface area (Å²) in [6, 6.07) is 7.49. The summed E-state index contributed by atoms with van der Waals surface area (Å²) in [5, 5.41) is 13.6. The zero-order chi connectivity index (χ0) is 14.6. The van der Waals surface area contributed by atoms with Crippen molar-refractivity contribution in [3.8, 4) is 0 Å². The van der Waals surface area contributed by atoms with E-state index in [9.17, 15) is 5.11 Å². The van der Waals surface area contributed by atoms with Gasteiger partial charge in [0, 0.05) is 24.8 Å². The molecule has 0 spiro atoms. The van der Waals surface area contributed by atoms with E-state index in [0.29, 0.717) is 24.8 Å². The maximum Gasteiger partial charge on any atom is 0.0897 e. The van der Waals surface area contributed by atoms with Crippen LogP contribution in [0.3, 0.4) is 0 Å². The van der Waals surface area contributed by atoms with E-state index in [-0.39, 0.29) is 0 Å². The lowest BCUT2D eigenvalue weighted by Crippen LogP contribution is -2.31. The van der Waals surface area contributed by atoms with Gasteiger partial charge in [-0.15, -0.1) is 0 Å². The molecule has 1 rings (SSSR count). The Labute approximate surface area is 126 Å². The van der Waals surface area contributed by atoms with Crippen LogP contribution in [0.4, 0.5) is 0 Å². The third-order valence-electron chi connectivity index (χ3n) is 2.72. The number of benzene rings is 1. The molecule has 4 nitrogen and oxygen atoms in total. The van der Waals surface area contributed by atoms with Gasteiger partial charge in [-0.1, -0.05) is 23.7 Å². The van der Waals surface area contributed by atoms with E-state index in [1.54, 1.807) is 0 Å². The van der Waals surface area contributed by atoms with Crippen LogP contribution < -0.4 is 5.32 Å². The summed E-state index contributed by atoms with van der Waals surface area (Å²) < 4.78 is 10.7. The number of aliphatic hydroxyl groups excluding tert-OH is 1. The number of nitrogens with one attached hydrogen (secondary N) is 1. The van der Waals surface area contributed by atoms with Gasteiger partial charge in [-0.25, -0.2) is 0 Å². The zero-order valence-corrected chi connectivity index (χ0v) is 12.7. The smallest absolute Gasteiger partial charge is 0.0897 e. The predicted octanol–water partition coefficient (Wildman–Crippen LogP) is 2.23. The molecule has 0 saturated heterocycles. The standard InChI is InChI=1S/C15H24ClNO3/c1-2-19-9-3-8-17-10-15(18)12-20-11-13-4-6-14(16)7-5-13/h4-7,15,17-18H,2-3,8-12H2,1H3. The van der Waals surface area contributed by atoms with Gasteiger partial charge in [0.25, 0.3) is 0 Å². The van der Waals surface area contributed by atoms with E-state index >= 15 is 0 Å². The van der Waals surface area contributed by atoms with Gasteiger partial charge in [-0.05, 0) is 37.6 Å². The van der Waals surface area contributed by atoms with Crippen LogP contribution in [0.5, 0.6) is 0 Å². The number of ether oxygens (including phenoxy) is 2. The van der Waals surface area contributed by atoms with Crippen LogP contribution in [0, 0.1) is 0 Å². The molecule has 1 aromatic carbocycles. The van der Waals surface area contributed by atoms with Gasteiger partial charge < -0.3 is 19.9 Å². The Hall–Kier alpha value is -0.650. The molecule has 0 fully saturated rings. The Morgan fingerprint density at radius 3 is 2.70 bits per heavy atom. The molecule has 0 aliphatic rings. The molecule has 114 valence electrons. The maximum atomic E-state index is 9.73. The van der Waals surface area contributed by atoms with E-state index in [4.69, 9.17) is 21.1 Å². The molecule has 1 unspecified atom stereocenters. The highest BCUT2D eigenvalue weighted by Gasteiger charge is 2.03. The fraction of sp³-hybridized carbons (Fsp3) is 0.600. The first-order valence-corrected chi connectivity index (χ1v) is 7.39. The van der Waals surface area contributed by atoms with Crippen molar-refractivity contribution in [1.82, 2.24) is 5.32 Å². The van der Waals surface area contributed by atoms with Crippen LogP contribution in [0.2, 0.25) is 5.02 Å². The topological polar surface area (TPSA) is 50.7 Å². The Bertz CT molecular complexity index is 345. The zero-order valence-electron chi connectivity index (χ0n) is 12.0. The van der Waals surface area contributed by atoms with Crippen molar-refractivity contribution in [2.45, 2.75) is 26.1 Å². The largest absolute Gasteiger partial charge is 0.389 e. The molecule has 0 amide bonds. The highest BCUT2D eigenvalue weighted by Crippen LogP contribution is 2.10. The highest BCUT2D eigenvalue weighted by atomic mass is 35.5. The molecule has 20 heavy (non-hydrogen) atoms. The fourth-order valence-corrected chi connectivity index (χ4v) is 1.79. The van der Waals surface area contributed by atoms with Crippen molar-refractivity contribution in [2.24, 2.45) is 0 Å². The molecule has 0 bridgehead atoms. The van der Waals surface area contributed by atoms with Gasteiger partial charge in [0.05, 0.1) is 19.3 Å². The van der Waals surface area contributed by atoms with Crippen LogP contribution in [0.25, 0.3) is 0 Å². The lowest BCUT2D eigenvalue weighted by atomic mass is 10.2. The second kappa shape index (κ2) is 11.1. The summed E-state index contributed by atoms with van der Waals surface area (Å²) in [7, 11) is 0. The first-order chi connectivity index (χ1) is 9.72. The van der Waals surface area contributed by atoms with Gasteiger partial charge in [0.2, 0.25) is 0 Å². The van der Waals surface area contributed by atoms with Crippen LogP contribution >= 0.6 is 11.6 Å². The number of rotatable bonds is 11. The molecule has 1 atom stereocenters. The first-order valence-electron chi connectivity index (χ1n) is 7.01. The number of hydrogen-bond donors (Lipinski definition) is 2. The maximum absolute atomic E-state index is 9.73. The molecule has 0 aliphatic heterocycles. The lowest BCUT2D eigenvalue weighted by molar-refractivity contribution is 0.0286. The third-order valence-corrected chi connectivity index (χ3v) is 2.97. The minimum absolute atomic E-state index is 0.321. The minimum Gasteiger partial charge on any atom is -0.389 e. The monoisotopic (exact) mass is 301 g/mol. The fourth-order valence-electron chi connectivity index (χ4n) is 1.66. The second-order valence-electron chi connectivity index (χ2n) is 4.55. The van der Waals surface area contributed by atoms with Gasteiger partial charge in [0.15, 0.2) is 0 Å². The quantitative estimate of drug-likeness (QED) is 0.616. The Balaban J connectivity index is 1.99. The predicted molar refractivity (Wildman–Crippen MR) is 81.1 cm³/mol. The number of aliphatic hydroxyl groups is 1. The van der Waals surface area contributed by atoms with Gasteiger partial charge in [-0.2, -0.15) is 0 Å². The van der Waals surface area contributed by atoms with Crippen molar-refractivity contribution in [3.05, 3.63) is 34.9 Å². The highest BCUT2D eigenvalue weighted by molar-refractivity contribution is 6.30. The molecular weight excluding hydrogens is 278 g/mol. The van der Waals surface area contributed by atoms with Crippen LogP contribution in [0.1, 0.15) is 18.9 Å². The van der Waals surface area contributed by atoms with Crippen LogP contribution in [-0.2, 0) is 16.1 Å². The summed E-state index contributed by atoms with van der Waals surface area (Å²) >= 11 is 5.80. The van der Waals surface area contributed by atoms with E-state index < -0.39 is 6.10 Å². The second-order valence-corrected chi connectivity index (χ2v) is 4.99. The normalized spacial score (nSPS) is 12.6. The van der Waals surface area contributed by atoms with Crippen molar-refractivity contribution in [3.63, 3.8) is 0 Å². The van der Waals surface area contributed by atoms with Gasteiger partial charge >= 0.3 is 0 Å². The molecule has 0 saturated carbocycles. The average Bonchev–Trinajstić information content (AvgIpc) is 2.45. The Morgan fingerprint density at radius 1 is 1.25 bits per heavy atom. The molecular formula is C15H24ClNO3. The van der Waals surface area contributed by atoms with Crippen molar-refractivity contribution >= 4 is 11.6 Å². The number of halogens is 1. The molecule has 0 heterocycles. The third kappa shape index (κ3) is 8.51. The molecule has 0 radical (unpaired) electrons. The van der Waals surface area contributed by atoms with Crippen molar-refractivity contribution < 1.29 is 14.6 Å². The molecule has 0 aromatic heterocycles. The Morgan fingerprint density at radius 2 is 2.00 bits per heavy atom. The summed E-state index contributed by atoms with van der Waals surface area (Å²) in [5.74, 6) is 0. The molecule has 5 heteroatoms. The number of hydrogen-bond acceptors (Lipinski definition) is 4. The summed E-state index contributed by atoms with van der Waals surface area (Å²) in [6.07, 6.45) is 0.459. The van der Waals surface area contributed by atoms with E-state index in [2.05, 4.69) is 5.32 Å². The van der Waals surface area contributed by atoms with Crippen molar-refractivity contribution in [2.75, 3.05) is 32.9 Å². The SMILES string of the molecule is CCOCCCNCC(O)COCc1ccc(Cl)cc1. The van der Waals surface area contributed by atoms with E-state index in [1.165, 1.54) is 0 Å². The first kappa shape index (κ1) is 17.4. The average molecular weight is 302 g/mol. The molecule has 1 aromatic rings.